The summed E-state index contributed by atoms with van der Waals surface area (Å²) in [5.74, 6) is 0.0427. The molecule has 0 unspecified atom stereocenters. The number of nitrogens with zero attached hydrogens (tertiary/aromatic N) is 1. The molecule has 0 saturated carbocycles. The molecule has 0 spiro atoms. The zero-order valence-electron chi connectivity index (χ0n) is 8.86. The lowest BCUT2D eigenvalue weighted by atomic mass is 10.0. The number of carbonyl (C=O) groups is 1. The van der Waals surface area contributed by atoms with Crippen molar-refractivity contribution < 1.29 is 4.79 Å². The molecule has 0 bridgehead atoms. The summed E-state index contributed by atoms with van der Waals surface area (Å²) in [5, 5.41) is 0.672. The summed E-state index contributed by atoms with van der Waals surface area (Å²) in [5.41, 5.74) is 1.55. The lowest BCUT2D eigenvalue weighted by Crippen LogP contribution is -2.03. The van der Waals surface area contributed by atoms with Gasteiger partial charge in [0.1, 0.15) is 0 Å². The normalized spacial score (nSPS) is 10.2. The standard InChI is InChI=1S/C13H9BrClNO/c14-11-6-10(7-16-8-11)13(17)5-9-1-3-12(15)4-2-9/h1-4,6-8H,5H2. The summed E-state index contributed by atoms with van der Waals surface area (Å²) in [6.45, 7) is 0. The van der Waals surface area contributed by atoms with Gasteiger partial charge in [-0.1, -0.05) is 23.7 Å². The Morgan fingerprint density at radius 3 is 2.59 bits per heavy atom. The number of ketones is 1. The highest BCUT2D eigenvalue weighted by Crippen LogP contribution is 2.14. The van der Waals surface area contributed by atoms with Crippen LogP contribution in [0.4, 0.5) is 0 Å². The number of benzene rings is 1. The van der Waals surface area contributed by atoms with Crippen molar-refractivity contribution in [3.8, 4) is 0 Å². The lowest BCUT2D eigenvalue weighted by Gasteiger charge is -2.02. The zero-order chi connectivity index (χ0) is 12.3. The van der Waals surface area contributed by atoms with Gasteiger partial charge in [0.05, 0.1) is 0 Å². The van der Waals surface area contributed by atoms with Gasteiger partial charge in [0.2, 0.25) is 0 Å². The minimum Gasteiger partial charge on any atom is -0.294 e. The fraction of sp³-hybridized carbons (Fsp3) is 0.0769. The Morgan fingerprint density at radius 2 is 1.94 bits per heavy atom. The van der Waals surface area contributed by atoms with Gasteiger partial charge in [-0.2, -0.15) is 0 Å². The van der Waals surface area contributed by atoms with Crippen LogP contribution in [0.15, 0.2) is 47.2 Å². The highest BCUT2D eigenvalue weighted by atomic mass is 79.9. The summed E-state index contributed by atoms with van der Waals surface area (Å²) < 4.78 is 0.805. The second-order valence-corrected chi connectivity index (χ2v) is 4.97. The Kier molecular flexibility index (Phi) is 3.92. The molecule has 2 nitrogen and oxygen atoms in total. The highest BCUT2D eigenvalue weighted by molar-refractivity contribution is 9.10. The van der Waals surface area contributed by atoms with Gasteiger partial charge in [-0.25, -0.2) is 0 Å². The molecule has 4 heteroatoms. The van der Waals surface area contributed by atoms with Gasteiger partial charge in [0, 0.05) is 33.9 Å². The molecule has 1 heterocycles. The number of Topliss-reactive ketones (excluding diaryl/α,β-unsaturated/α-hetero) is 1. The van der Waals surface area contributed by atoms with Gasteiger partial charge < -0.3 is 0 Å². The molecule has 1 aromatic carbocycles. The average Bonchev–Trinajstić information content (AvgIpc) is 2.32. The van der Waals surface area contributed by atoms with Gasteiger partial charge in [-0.15, -0.1) is 0 Å². The Hall–Kier alpha value is -1.19. The van der Waals surface area contributed by atoms with Gasteiger partial charge in [0.15, 0.2) is 5.78 Å². The third-order valence-electron chi connectivity index (χ3n) is 2.30. The number of halogens is 2. The summed E-state index contributed by atoms with van der Waals surface area (Å²) >= 11 is 9.08. The van der Waals surface area contributed by atoms with Crippen LogP contribution in [0.3, 0.4) is 0 Å². The first-order valence-electron chi connectivity index (χ1n) is 5.03. The fourth-order valence-corrected chi connectivity index (χ4v) is 1.94. The van der Waals surface area contributed by atoms with Crippen molar-refractivity contribution in [1.29, 1.82) is 0 Å². The van der Waals surface area contributed by atoms with Crippen LogP contribution >= 0.6 is 27.5 Å². The number of rotatable bonds is 3. The second kappa shape index (κ2) is 5.43. The van der Waals surface area contributed by atoms with Crippen LogP contribution < -0.4 is 0 Å². The average molecular weight is 311 g/mol. The Labute approximate surface area is 113 Å². The quantitative estimate of drug-likeness (QED) is 0.804. The highest BCUT2D eigenvalue weighted by Gasteiger charge is 2.07. The van der Waals surface area contributed by atoms with Crippen LogP contribution in [-0.2, 0) is 6.42 Å². The van der Waals surface area contributed by atoms with E-state index in [1.54, 1.807) is 30.6 Å². The third-order valence-corrected chi connectivity index (χ3v) is 2.99. The molecule has 0 amide bonds. The van der Waals surface area contributed by atoms with Gasteiger partial charge in [-0.3, -0.25) is 9.78 Å². The molecule has 86 valence electrons. The molecule has 0 saturated heterocycles. The SMILES string of the molecule is O=C(Cc1ccc(Cl)cc1)c1cncc(Br)c1. The van der Waals surface area contributed by atoms with E-state index in [9.17, 15) is 4.79 Å². The van der Waals surface area contributed by atoms with Crippen LogP contribution in [0.1, 0.15) is 15.9 Å². The molecule has 0 aliphatic carbocycles. The first-order chi connectivity index (χ1) is 8.15. The van der Waals surface area contributed by atoms with Crippen molar-refractivity contribution in [3.63, 3.8) is 0 Å². The van der Waals surface area contributed by atoms with Crippen LogP contribution in [0.25, 0.3) is 0 Å². The van der Waals surface area contributed by atoms with Gasteiger partial charge in [-0.05, 0) is 39.7 Å². The van der Waals surface area contributed by atoms with Crippen molar-refractivity contribution in [1.82, 2.24) is 4.98 Å². The summed E-state index contributed by atoms with van der Waals surface area (Å²) in [6, 6.07) is 9.04. The number of aromatic nitrogens is 1. The predicted octanol–water partition coefficient (Wildman–Crippen LogP) is 3.92. The number of pyridine rings is 1. The molecular formula is C13H9BrClNO. The van der Waals surface area contributed by atoms with E-state index < -0.39 is 0 Å². The molecular weight excluding hydrogens is 302 g/mol. The summed E-state index contributed by atoms with van der Waals surface area (Å²) in [6.07, 6.45) is 3.58. The largest absolute Gasteiger partial charge is 0.294 e. The first kappa shape index (κ1) is 12.3. The topological polar surface area (TPSA) is 30.0 Å². The smallest absolute Gasteiger partial charge is 0.168 e. The van der Waals surface area contributed by atoms with Gasteiger partial charge >= 0.3 is 0 Å². The van der Waals surface area contributed by atoms with Crippen LogP contribution in [0.2, 0.25) is 5.02 Å². The Bertz CT molecular complexity index is 539. The minimum absolute atomic E-state index is 0.0427. The van der Waals surface area contributed by atoms with Crippen LogP contribution in [0.5, 0.6) is 0 Å². The van der Waals surface area contributed by atoms with E-state index in [1.807, 2.05) is 12.1 Å². The molecule has 0 aliphatic rings. The molecule has 0 N–H and O–H groups in total. The fourth-order valence-electron chi connectivity index (χ4n) is 1.45. The van der Waals surface area contributed by atoms with E-state index in [4.69, 9.17) is 11.6 Å². The Balaban J connectivity index is 2.14. The molecule has 1 aromatic heterocycles. The van der Waals surface area contributed by atoms with Crippen molar-refractivity contribution in [2.24, 2.45) is 0 Å². The third kappa shape index (κ3) is 3.38. The monoisotopic (exact) mass is 309 g/mol. The number of hydrogen-bond acceptors (Lipinski definition) is 2. The molecule has 0 fully saturated rings. The lowest BCUT2D eigenvalue weighted by molar-refractivity contribution is 0.0992. The molecule has 2 aromatic rings. The van der Waals surface area contributed by atoms with Crippen molar-refractivity contribution in [3.05, 3.63) is 63.3 Å². The predicted molar refractivity (Wildman–Crippen MR) is 71.4 cm³/mol. The van der Waals surface area contributed by atoms with Crippen LogP contribution in [0, 0.1) is 0 Å². The van der Waals surface area contributed by atoms with Crippen molar-refractivity contribution in [2.45, 2.75) is 6.42 Å². The van der Waals surface area contributed by atoms with E-state index in [2.05, 4.69) is 20.9 Å². The summed E-state index contributed by atoms with van der Waals surface area (Å²) in [7, 11) is 0. The molecule has 0 atom stereocenters. The minimum atomic E-state index is 0.0427. The van der Waals surface area contributed by atoms with Crippen molar-refractivity contribution in [2.75, 3.05) is 0 Å². The first-order valence-corrected chi connectivity index (χ1v) is 6.20. The number of hydrogen-bond donors (Lipinski definition) is 0. The van der Waals surface area contributed by atoms with E-state index in [0.29, 0.717) is 17.0 Å². The Morgan fingerprint density at radius 1 is 1.24 bits per heavy atom. The summed E-state index contributed by atoms with van der Waals surface area (Å²) in [4.78, 5) is 15.9. The van der Waals surface area contributed by atoms with E-state index in [-0.39, 0.29) is 5.78 Å². The van der Waals surface area contributed by atoms with Gasteiger partial charge in [0.25, 0.3) is 0 Å². The molecule has 0 aliphatic heterocycles. The van der Waals surface area contributed by atoms with E-state index in [1.165, 1.54) is 0 Å². The maximum atomic E-state index is 12.0. The second-order valence-electron chi connectivity index (χ2n) is 3.62. The molecule has 0 radical (unpaired) electrons. The maximum Gasteiger partial charge on any atom is 0.168 e. The zero-order valence-corrected chi connectivity index (χ0v) is 11.2. The van der Waals surface area contributed by atoms with Crippen molar-refractivity contribution >= 4 is 33.3 Å². The van der Waals surface area contributed by atoms with E-state index >= 15 is 0 Å². The van der Waals surface area contributed by atoms with E-state index in [0.717, 1.165) is 10.0 Å². The number of carbonyl (C=O) groups excluding carboxylic acids is 1. The molecule has 17 heavy (non-hydrogen) atoms. The molecule has 2 rings (SSSR count). The van der Waals surface area contributed by atoms with Crippen LogP contribution in [-0.4, -0.2) is 10.8 Å². The maximum absolute atomic E-state index is 12.0.